The Balaban J connectivity index is 1.66. The second kappa shape index (κ2) is 5.90. The molecule has 0 aliphatic heterocycles. The van der Waals surface area contributed by atoms with Gasteiger partial charge in [0.2, 0.25) is 5.16 Å². The molecule has 1 N–H and O–H groups in total. The van der Waals surface area contributed by atoms with Crippen molar-refractivity contribution >= 4 is 39.0 Å². The van der Waals surface area contributed by atoms with Gasteiger partial charge in [-0.15, -0.1) is 16.4 Å². The van der Waals surface area contributed by atoms with Crippen LogP contribution in [0.15, 0.2) is 51.4 Å². The minimum absolute atomic E-state index is 0.784. The van der Waals surface area contributed by atoms with Crippen LogP contribution in [0.1, 0.15) is 5.56 Å². The quantitative estimate of drug-likeness (QED) is 0.699. The summed E-state index contributed by atoms with van der Waals surface area (Å²) >= 11 is 6.72. The summed E-state index contributed by atoms with van der Waals surface area (Å²) in [5.74, 6) is 1.71. The van der Waals surface area contributed by atoms with E-state index in [2.05, 4.69) is 43.2 Å². The van der Waals surface area contributed by atoms with Crippen molar-refractivity contribution in [2.75, 3.05) is 0 Å². The van der Waals surface area contributed by atoms with Gasteiger partial charge in [-0.05, 0) is 29.1 Å². The second-order valence-electron chi connectivity index (χ2n) is 3.86. The highest BCUT2D eigenvalue weighted by molar-refractivity contribution is 9.10. The maximum Gasteiger partial charge on any atom is 0.209 e. The van der Waals surface area contributed by atoms with Gasteiger partial charge in [-0.1, -0.05) is 45.9 Å². The number of rotatable bonds is 4. The van der Waals surface area contributed by atoms with E-state index in [1.54, 1.807) is 23.1 Å². The summed E-state index contributed by atoms with van der Waals surface area (Å²) in [6, 6.07) is 12.3. The zero-order valence-electron chi connectivity index (χ0n) is 9.84. The molecule has 0 radical (unpaired) electrons. The fourth-order valence-electron chi connectivity index (χ4n) is 1.56. The van der Waals surface area contributed by atoms with Gasteiger partial charge in [-0.3, -0.25) is 5.10 Å². The number of aromatic nitrogens is 3. The fraction of sp³-hybridized carbons (Fsp3) is 0.0769. The Kier molecular flexibility index (Phi) is 4.00. The number of halogens is 1. The van der Waals surface area contributed by atoms with E-state index < -0.39 is 0 Å². The Bertz CT molecular complexity index is 647. The Labute approximate surface area is 127 Å². The molecule has 0 fully saturated rings. The predicted octanol–water partition coefficient (Wildman–Crippen LogP) is 4.59. The number of aromatic amines is 1. The van der Waals surface area contributed by atoms with Crippen molar-refractivity contribution in [3.05, 3.63) is 51.8 Å². The SMILES string of the molecule is Brc1ccc(CSc2n[nH]c(-c3cccs3)n2)cc1. The predicted molar refractivity (Wildman–Crippen MR) is 83.4 cm³/mol. The molecule has 19 heavy (non-hydrogen) atoms. The number of thiophene rings is 1. The van der Waals surface area contributed by atoms with Crippen LogP contribution in [0, 0.1) is 0 Å². The van der Waals surface area contributed by atoms with Gasteiger partial charge in [-0.2, -0.15) is 0 Å². The molecule has 0 amide bonds. The zero-order valence-corrected chi connectivity index (χ0v) is 13.1. The third-order valence-corrected chi connectivity index (χ3v) is 4.82. The number of H-pyrrole nitrogens is 1. The Morgan fingerprint density at radius 3 is 2.79 bits per heavy atom. The molecular weight excluding hydrogens is 342 g/mol. The monoisotopic (exact) mass is 351 g/mol. The van der Waals surface area contributed by atoms with Gasteiger partial charge >= 0.3 is 0 Å². The molecule has 3 aromatic rings. The maximum atomic E-state index is 4.48. The summed E-state index contributed by atoms with van der Waals surface area (Å²) in [7, 11) is 0. The summed E-state index contributed by atoms with van der Waals surface area (Å²) in [5, 5.41) is 10.0. The average molecular weight is 352 g/mol. The first-order chi connectivity index (χ1) is 9.31. The summed E-state index contributed by atoms with van der Waals surface area (Å²) < 4.78 is 1.10. The van der Waals surface area contributed by atoms with Crippen LogP contribution < -0.4 is 0 Å². The summed E-state index contributed by atoms with van der Waals surface area (Å²) in [5.41, 5.74) is 1.26. The third-order valence-electron chi connectivity index (χ3n) is 2.50. The lowest BCUT2D eigenvalue weighted by Gasteiger charge is -1.98. The molecule has 0 spiro atoms. The van der Waals surface area contributed by atoms with Gasteiger partial charge in [0.1, 0.15) is 0 Å². The number of hydrogen-bond acceptors (Lipinski definition) is 4. The zero-order chi connectivity index (χ0) is 13.1. The summed E-state index contributed by atoms with van der Waals surface area (Å²) in [6.45, 7) is 0. The van der Waals surface area contributed by atoms with E-state index in [0.717, 1.165) is 26.1 Å². The summed E-state index contributed by atoms with van der Waals surface area (Å²) in [6.07, 6.45) is 0. The number of hydrogen-bond donors (Lipinski definition) is 1. The summed E-state index contributed by atoms with van der Waals surface area (Å²) in [4.78, 5) is 5.60. The molecule has 2 aromatic heterocycles. The van der Waals surface area contributed by atoms with Gasteiger partial charge in [0.05, 0.1) is 4.88 Å². The van der Waals surface area contributed by atoms with Crippen LogP contribution in [0.3, 0.4) is 0 Å². The van der Waals surface area contributed by atoms with E-state index >= 15 is 0 Å². The van der Waals surface area contributed by atoms with Crippen LogP contribution in [0.4, 0.5) is 0 Å². The van der Waals surface area contributed by atoms with Crippen LogP contribution in [-0.2, 0) is 5.75 Å². The van der Waals surface area contributed by atoms with Crippen LogP contribution >= 0.6 is 39.0 Å². The number of benzene rings is 1. The topological polar surface area (TPSA) is 41.6 Å². The van der Waals surface area contributed by atoms with Crippen molar-refractivity contribution in [3.63, 3.8) is 0 Å². The van der Waals surface area contributed by atoms with Gasteiger partial charge in [-0.25, -0.2) is 4.98 Å². The fourth-order valence-corrected chi connectivity index (χ4v) is 3.25. The van der Waals surface area contributed by atoms with Gasteiger partial charge in [0, 0.05) is 10.2 Å². The number of nitrogens with zero attached hydrogens (tertiary/aromatic N) is 2. The first kappa shape index (κ1) is 12.9. The van der Waals surface area contributed by atoms with E-state index in [0.29, 0.717) is 0 Å². The Hall–Kier alpha value is -1.11. The first-order valence-corrected chi connectivity index (χ1v) is 8.30. The van der Waals surface area contributed by atoms with Crippen LogP contribution in [0.2, 0.25) is 0 Å². The van der Waals surface area contributed by atoms with Crippen LogP contribution in [0.25, 0.3) is 10.7 Å². The second-order valence-corrected chi connectivity index (χ2v) is 6.66. The van der Waals surface area contributed by atoms with Gasteiger partial charge < -0.3 is 0 Å². The maximum absolute atomic E-state index is 4.48. The van der Waals surface area contributed by atoms with Crippen molar-refractivity contribution in [1.82, 2.24) is 15.2 Å². The first-order valence-electron chi connectivity index (χ1n) is 5.65. The van der Waals surface area contributed by atoms with Crippen molar-refractivity contribution in [1.29, 1.82) is 0 Å². The standard InChI is InChI=1S/C13H10BrN3S2/c14-10-5-3-9(4-6-10)8-19-13-15-12(16-17-13)11-2-1-7-18-11/h1-7H,8H2,(H,15,16,17). The normalized spacial score (nSPS) is 10.8. The largest absolute Gasteiger partial charge is 0.257 e. The Morgan fingerprint density at radius 2 is 2.05 bits per heavy atom. The van der Waals surface area contributed by atoms with Crippen LogP contribution in [-0.4, -0.2) is 15.2 Å². The highest BCUT2D eigenvalue weighted by Crippen LogP contribution is 2.25. The molecule has 96 valence electrons. The molecule has 1 aromatic carbocycles. The molecule has 0 saturated heterocycles. The lowest BCUT2D eigenvalue weighted by molar-refractivity contribution is 0.973. The molecule has 0 saturated carbocycles. The molecule has 0 bridgehead atoms. The number of nitrogens with one attached hydrogen (secondary N) is 1. The molecule has 3 rings (SSSR count). The molecule has 2 heterocycles. The van der Waals surface area contributed by atoms with E-state index in [-0.39, 0.29) is 0 Å². The molecule has 0 atom stereocenters. The van der Waals surface area contributed by atoms with E-state index in [1.807, 2.05) is 29.6 Å². The van der Waals surface area contributed by atoms with Crippen molar-refractivity contribution in [3.8, 4) is 10.7 Å². The van der Waals surface area contributed by atoms with E-state index in [1.165, 1.54) is 5.56 Å². The smallest absolute Gasteiger partial charge is 0.209 e. The Morgan fingerprint density at radius 1 is 1.21 bits per heavy atom. The molecule has 0 unspecified atom stereocenters. The molecule has 0 aliphatic carbocycles. The van der Waals surface area contributed by atoms with Gasteiger partial charge in [0.15, 0.2) is 5.82 Å². The highest BCUT2D eigenvalue weighted by Gasteiger charge is 2.07. The lowest BCUT2D eigenvalue weighted by Crippen LogP contribution is -1.81. The minimum Gasteiger partial charge on any atom is -0.257 e. The van der Waals surface area contributed by atoms with Gasteiger partial charge in [0.25, 0.3) is 0 Å². The highest BCUT2D eigenvalue weighted by atomic mass is 79.9. The van der Waals surface area contributed by atoms with E-state index in [9.17, 15) is 0 Å². The molecular formula is C13H10BrN3S2. The third kappa shape index (κ3) is 3.26. The van der Waals surface area contributed by atoms with Crippen LogP contribution in [0.5, 0.6) is 0 Å². The lowest BCUT2D eigenvalue weighted by atomic mass is 10.2. The van der Waals surface area contributed by atoms with E-state index in [4.69, 9.17) is 0 Å². The molecule has 3 nitrogen and oxygen atoms in total. The molecule has 0 aliphatic rings. The molecule has 6 heteroatoms. The van der Waals surface area contributed by atoms with Crippen molar-refractivity contribution in [2.24, 2.45) is 0 Å². The minimum atomic E-state index is 0.784. The van der Waals surface area contributed by atoms with Crippen molar-refractivity contribution in [2.45, 2.75) is 10.9 Å². The average Bonchev–Trinajstić information content (AvgIpc) is 3.09. The van der Waals surface area contributed by atoms with Crippen molar-refractivity contribution < 1.29 is 0 Å². The number of thioether (sulfide) groups is 1.